The van der Waals surface area contributed by atoms with Crippen molar-refractivity contribution in [2.24, 2.45) is 11.8 Å². The molecule has 1 aromatic heterocycles. The lowest BCUT2D eigenvalue weighted by Gasteiger charge is -2.29. The Labute approximate surface area is 213 Å². The van der Waals surface area contributed by atoms with Crippen molar-refractivity contribution in [3.8, 4) is 22.4 Å². The topological polar surface area (TPSA) is 17.8 Å². The SMILES string of the molecule is C=C(C)CCCC1CCC(Cn2nc(-c3ccccc3)c(-c3ccccc3)c2CCCCC)CC1. The van der Waals surface area contributed by atoms with E-state index in [4.69, 9.17) is 5.10 Å². The third-order valence-corrected chi connectivity index (χ3v) is 7.80. The van der Waals surface area contributed by atoms with Gasteiger partial charge < -0.3 is 0 Å². The highest BCUT2D eigenvalue weighted by Gasteiger charge is 2.25. The van der Waals surface area contributed by atoms with E-state index in [9.17, 15) is 0 Å². The first-order valence-corrected chi connectivity index (χ1v) is 14.0. The van der Waals surface area contributed by atoms with E-state index in [2.05, 4.69) is 85.8 Å². The maximum atomic E-state index is 5.32. The Bertz CT molecular complexity index is 1040. The van der Waals surface area contributed by atoms with Crippen LogP contribution in [-0.4, -0.2) is 9.78 Å². The minimum absolute atomic E-state index is 0.740. The molecule has 0 unspecified atom stereocenters. The highest BCUT2D eigenvalue weighted by molar-refractivity contribution is 5.82. The number of nitrogens with zero attached hydrogens (tertiary/aromatic N) is 2. The van der Waals surface area contributed by atoms with Crippen LogP contribution in [0.2, 0.25) is 0 Å². The normalized spacial score (nSPS) is 18.0. The fraction of sp³-hybridized carbons (Fsp3) is 0.485. The summed E-state index contributed by atoms with van der Waals surface area (Å²) >= 11 is 0. The van der Waals surface area contributed by atoms with Crippen molar-refractivity contribution in [3.05, 3.63) is 78.5 Å². The maximum Gasteiger partial charge on any atom is 0.100 e. The second kappa shape index (κ2) is 12.9. The van der Waals surface area contributed by atoms with Gasteiger partial charge in [-0.15, -0.1) is 6.58 Å². The number of benzene rings is 2. The molecule has 0 amide bonds. The van der Waals surface area contributed by atoms with Gasteiger partial charge in [0.25, 0.3) is 0 Å². The summed E-state index contributed by atoms with van der Waals surface area (Å²) in [6, 6.07) is 21.7. The molecular weight excluding hydrogens is 424 g/mol. The van der Waals surface area contributed by atoms with Gasteiger partial charge in [0, 0.05) is 23.4 Å². The zero-order valence-electron chi connectivity index (χ0n) is 22.0. The Kier molecular flexibility index (Phi) is 9.40. The molecule has 35 heavy (non-hydrogen) atoms. The van der Waals surface area contributed by atoms with Crippen LogP contribution >= 0.6 is 0 Å². The second-order valence-electron chi connectivity index (χ2n) is 10.8. The van der Waals surface area contributed by atoms with E-state index >= 15 is 0 Å². The monoisotopic (exact) mass is 468 g/mol. The van der Waals surface area contributed by atoms with Crippen molar-refractivity contribution in [2.45, 2.75) is 91.0 Å². The molecule has 2 nitrogen and oxygen atoms in total. The van der Waals surface area contributed by atoms with Crippen molar-refractivity contribution < 1.29 is 0 Å². The van der Waals surface area contributed by atoms with Crippen LogP contribution in [0.1, 0.15) is 83.7 Å². The average Bonchev–Trinajstić information content (AvgIpc) is 3.24. The van der Waals surface area contributed by atoms with E-state index in [1.807, 2.05) is 0 Å². The molecule has 2 aromatic carbocycles. The summed E-state index contributed by atoms with van der Waals surface area (Å²) in [5, 5.41) is 5.32. The number of aromatic nitrogens is 2. The standard InChI is InChI=1S/C33H44N2/c1-4-5-8-20-31-32(29-16-9-6-10-17-29)33(30-18-11-7-12-19-30)34-35(31)25-28-23-21-27(22-24-28)15-13-14-26(2)3/h6-7,9-12,16-19,27-28H,2,4-5,8,13-15,20-25H2,1,3H3. The molecule has 0 aliphatic heterocycles. The third kappa shape index (κ3) is 6.97. The van der Waals surface area contributed by atoms with Gasteiger partial charge in [0.1, 0.15) is 5.69 Å². The highest BCUT2D eigenvalue weighted by Crippen LogP contribution is 2.38. The molecule has 0 saturated heterocycles. The second-order valence-corrected chi connectivity index (χ2v) is 10.8. The van der Waals surface area contributed by atoms with Gasteiger partial charge in [0.15, 0.2) is 0 Å². The molecule has 2 heteroatoms. The molecule has 1 heterocycles. The van der Waals surface area contributed by atoms with E-state index in [-0.39, 0.29) is 0 Å². The van der Waals surface area contributed by atoms with E-state index < -0.39 is 0 Å². The lowest BCUT2D eigenvalue weighted by Crippen LogP contribution is -2.21. The van der Waals surface area contributed by atoms with Crippen LogP contribution in [0.4, 0.5) is 0 Å². The Morgan fingerprint density at radius 2 is 1.49 bits per heavy atom. The third-order valence-electron chi connectivity index (χ3n) is 7.80. The molecule has 3 aromatic rings. The van der Waals surface area contributed by atoms with Crippen LogP contribution in [0.3, 0.4) is 0 Å². The summed E-state index contributed by atoms with van der Waals surface area (Å²) in [7, 11) is 0. The number of rotatable bonds is 12. The highest BCUT2D eigenvalue weighted by atomic mass is 15.3. The van der Waals surface area contributed by atoms with Gasteiger partial charge in [-0.25, -0.2) is 0 Å². The van der Waals surface area contributed by atoms with Crippen LogP contribution in [0.25, 0.3) is 22.4 Å². The summed E-state index contributed by atoms with van der Waals surface area (Å²) in [4.78, 5) is 0. The molecule has 4 rings (SSSR count). The van der Waals surface area contributed by atoms with Gasteiger partial charge in [-0.3, -0.25) is 4.68 Å². The van der Waals surface area contributed by atoms with Crippen LogP contribution in [0.5, 0.6) is 0 Å². The van der Waals surface area contributed by atoms with E-state index in [1.54, 1.807) is 0 Å². The van der Waals surface area contributed by atoms with Gasteiger partial charge in [-0.05, 0) is 62.8 Å². The molecule has 1 aliphatic carbocycles. The molecule has 0 atom stereocenters. The first kappa shape index (κ1) is 25.5. The summed E-state index contributed by atoms with van der Waals surface area (Å²) < 4.78 is 2.41. The number of hydrogen-bond acceptors (Lipinski definition) is 1. The van der Waals surface area contributed by atoms with E-state index in [0.29, 0.717) is 0 Å². The zero-order valence-corrected chi connectivity index (χ0v) is 22.0. The van der Waals surface area contributed by atoms with Crippen LogP contribution in [0, 0.1) is 11.8 Å². The van der Waals surface area contributed by atoms with Crippen molar-refractivity contribution in [1.29, 1.82) is 0 Å². The molecule has 1 saturated carbocycles. The summed E-state index contributed by atoms with van der Waals surface area (Å²) in [5.41, 5.74) is 7.79. The van der Waals surface area contributed by atoms with Crippen molar-refractivity contribution in [1.82, 2.24) is 9.78 Å². The Hall–Kier alpha value is -2.61. The molecule has 186 valence electrons. The summed E-state index contributed by atoms with van der Waals surface area (Å²) in [5.74, 6) is 1.65. The first-order valence-electron chi connectivity index (χ1n) is 14.0. The van der Waals surface area contributed by atoms with Gasteiger partial charge in [0.05, 0.1) is 0 Å². The van der Waals surface area contributed by atoms with E-state index in [0.717, 1.165) is 30.5 Å². The molecule has 1 aliphatic rings. The molecular formula is C33H44N2. The Morgan fingerprint density at radius 3 is 2.11 bits per heavy atom. The van der Waals surface area contributed by atoms with Crippen LogP contribution in [0.15, 0.2) is 72.8 Å². The molecule has 1 fully saturated rings. The minimum atomic E-state index is 0.740. The Balaban J connectivity index is 1.58. The first-order chi connectivity index (χ1) is 17.2. The largest absolute Gasteiger partial charge is 0.268 e. The lowest BCUT2D eigenvalue weighted by atomic mass is 9.79. The van der Waals surface area contributed by atoms with Crippen molar-refractivity contribution in [2.75, 3.05) is 0 Å². The number of unbranched alkanes of at least 4 members (excludes halogenated alkanes) is 2. The predicted molar refractivity (Wildman–Crippen MR) is 150 cm³/mol. The van der Waals surface area contributed by atoms with Crippen molar-refractivity contribution in [3.63, 3.8) is 0 Å². The summed E-state index contributed by atoms with van der Waals surface area (Å²) in [6.07, 6.45) is 14.2. The van der Waals surface area contributed by atoms with Crippen molar-refractivity contribution >= 4 is 0 Å². The van der Waals surface area contributed by atoms with Crippen LogP contribution in [-0.2, 0) is 13.0 Å². The molecule has 0 radical (unpaired) electrons. The Morgan fingerprint density at radius 1 is 0.857 bits per heavy atom. The van der Waals surface area contributed by atoms with E-state index in [1.165, 1.54) is 92.2 Å². The number of hydrogen-bond donors (Lipinski definition) is 0. The molecule has 0 N–H and O–H groups in total. The smallest absolute Gasteiger partial charge is 0.100 e. The zero-order chi connectivity index (χ0) is 24.5. The van der Waals surface area contributed by atoms with Crippen LogP contribution < -0.4 is 0 Å². The molecule has 0 spiro atoms. The van der Waals surface area contributed by atoms with Gasteiger partial charge in [-0.1, -0.05) is 105 Å². The average molecular weight is 469 g/mol. The fourth-order valence-corrected chi connectivity index (χ4v) is 5.79. The molecule has 0 bridgehead atoms. The predicted octanol–water partition coefficient (Wildman–Crippen LogP) is 9.50. The number of allylic oxidation sites excluding steroid dienone is 1. The fourth-order valence-electron chi connectivity index (χ4n) is 5.79. The summed E-state index contributed by atoms with van der Waals surface area (Å²) in [6.45, 7) is 9.59. The maximum absolute atomic E-state index is 5.32. The van der Waals surface area contributed by atoms with Gasteiger partial charge >= 0.3 is 0 Å². The minimum Gasteiger partial charge on any atom is -0.268 e. The lowest BCUT2D eigenvalue weighted by molar-refractivity contribution is 0.233. The van der Waals surface area contributed by atoms with Gasteiger partial charge in [0.2, 0.25) is 0 Å². The quantitative estimate of drug-likeness (QED) is 0.191. The van der Waals surface area contributed by atoms with Gasteiger partial charge in [-0.2, -0.15) is 5.10 Å².